The van der Waals surface area contributed by atoms with Crippen molar-refractivity contribution in [3.63, 3.8) is 0 Å². The minimum Gasteiger partial charge on any atom is -0.504 e. The summed E-state index contributed by atoms with van der Waals surface area (Å²) in [5.74, 6) is 1.38. The highest BCUT2D eigenvalue weighted by molar-refractivity contribution is 9.10. The average molecular weight is 352 g/mol. The molecule has 0 aromatic heterocycles. The first-order chi connectivity index (χ1) is 10.0. The number of hydrogen-bond acceptors (Lipinski definition) is 4. The van der Waals surface area contributed by atoms with Crippen LogP contribution >= 0.6 is 15.9 Å². The zero-order valence-corrected chi connectivity index (χ0v) is 13.8. The summed E-state index contributed by atoms with van der Waals surface area (Å²) in [6.45, 7) is 2.04. The second-order valence-electron chi connectivity index (χ2n) is 4.65. The quantitative estimate of drug-likeness (QED) is 0.840. The Labute approximate surface area is 132 Å². The van der Waals surface area contributed by atoms with Gasteiger partial charge < -0.3 is 19.9 Å². The Morgan fingerprint density at radius 1 is 1.05 bits per heavy atom. The number of anilines is 1. The van der Waals surface area contributed by atoms with Crippen molar-refractivity contribution in [3.05, 3.63) is 46.4 Å². The van der Waals surface area contributed by atoms with E-state index < -0.39 is 0 Å². The molecule has 112 valence electrons. The number of rotatable bonds is 5. The molecule has 0 aliphatic carbocycles. The van der Waals surface area contributed by atoms with E-state index in [2.05, 4.69) is 21.2 Å². The molecule has 4 nitrogen and oxygen atoms in total. The van der Waals surface area contributed by atoms with Crippen molar-refractivity contribution in [1.29, 1.82) is 0 Å². The largest absolute Gasteiger partial charge is 0.504 e. The van der Waals surface area contributed by atoms with Crippen LogP contribution in [0.3, 0.4) is 0 Å². The van der Waals surface area contributed by atoms with Crippen LogP contribution in [-0.4, -0.2) is 19.3 Å². The van der Waals surface area contributed by atoms with Crippen molar-refractivity contribution in [1.82, 2.24) is 0 Å². The zero-order valence-electron chi connectivity index (χ0n) is 12.2. The number of methoxy groups -OCH3 is 2. The van der Waals surface area contributed by atoms with Crippen molar-refractivity contribution in [2.75, 3.05) is 19.5 Å². The van der Waals surface area contributed by atoms with E-state index in [9.17, 15) is 5.11 Å². The van der Waals surface area contributed by atoms with Crippen LogP contribution in [-0.2, 0) is 0 Å². The van der Waals surface area contributed by atoms with E-state index in [4.69, 9.17) is 9.47 Å². The highest BCUT2D eigenvalue weighted by atomic mass is 79.9. The van der Waals surface area contributed by atoms with Crippen molar-refractivity contribution in [2.24, 2.45) is 0 Å². The van der Waals surface area contributed by atoms with Gasteiger partial charge in [0.15, 0.2) is 11.5 Å². The van der Waals surface area contributed by atoms with Crippen molar-refractivity contribution in [3.8, 4) is 17.2 Å². The fourth-order valence-electron chi connectivity index (χ4n) is 2.05. The van der Waals surface area contributed by atoms with Gasteiger partial charge in [0.2, 0.25) is 0 Å². The molecule has 1 atom stereocenters. The predicted molar refractivity (Wildman–Crippen MR) is 87.4 cm³/mol. The molecule has 21 heavy (non-hydrogen) atoms. The van der Waals surface area contributed by atoms with Crippen LogP contribution in [0.1, 0.15) is 18.5 Å². The summed E-state index contributed by atoms with van der Waals surface area (Å²) in [4.78, 5) is 0. The van der Waals surface area contributed by atoms with E-state index in [1.165, 1.54) is 7.11 Å². The van der Waals surface area contributed by atoms with E-state index >= 15 is 0 Å². The highest BCUT2D eigenvalue weighted by Gasteiger charge is 2.10. The Kier molecular flexibility index (Phi) is 4.96. The van der Waals surface area contributed by atoms with E-state index in [0.717, 1.165) is 21.5 Å². The predicted octanol–water partition coefficient (Wildman–Crippen LogP) is 4.35. The van der Waals surface area contributed by atoms with E-state index in [1.54, 1.807) is 13.2 Å². The number of ether oxygens (including phenoxy) is 2. The Morgan fingerprint density at radius 3 is 2.43 bits per heavy atom. The molecule has 0 bridgehead atoms. The summed E-state index contributed by atoms with van der Waals surface area (Å²) in [6.07, 6.45) is 0. The summed E-state index contributed by atoms with van der Waals surface area (Å²) >= 11 is 3.43. The number of hydrogen-bond donors (Lipinski definition) is 2. The molecule has 0 aliphatic rings. The van der Waals surface area contributed by atoms with Crippen LogP contribution in [0, 0.1) is 0 Å². The summed E-state index contributed by atoms with van der Waals surface area (Å²) in [5.41, 5.74) is 1.97. The number of nitrogens with one attached hydrogen (secondary N) is 1. The minimum absolute atomic E-state index is 0.0605. The monoisotopic (exact) mass is 351 g/mol. The van der Waals surface area contributed by atoms with Gasteiger partial charge in [0.25, 0.3) is 0 Å². The molecule has 0 spiro atoms. The molecule has 0 radical (unpaired) electrons. The molecule has 0 amide bonds. The summed E-state index contributed by atoms with van der Waals surface area (Å²) in [6, 6.07) is 11.2. The Balaban J connectivity index is 2.19. The number of aromatic hydroxyl groups is 1. The molecule has 0 saturated heterocycles. The lowest BCUT2D eigenvalue weighted by Crippen LogP contribution is -2.07. The summed E-state index contributed by atoms with van der Waals surface area (Å²) in [5, 5.41) is 13.0. The van der Waals surface area contributed by atoms with Gasteiger partial charge in [-0.15, -0.1) is 0 Å². The van der Waals surface area contributed by atoms with Gasteiger partial charge in [0, 0.05) is 17.8 Å². The molecule has 2 rings (SSSR count). The number of phenols is 1. The average Bonchev–Trinajstić information content (AvgIpc) is 2.49. The lowest BCUT2D eigenvalue weighted by molar-refractivity contribution is 0.373. The van der Waals surface area contributed by atoms with Gasteiger partial charge in [-0.2, -0.15) is 0 Å². The number of benzene rings is 2. The summed E-state index contributed by atoms with van der Waals surface area (Å²) < 4.78 is 11.3. The van der Waals surface area contributed by atoms with Crippen molar-refractivity contribution < 1.29 is 14.6 Å². The Hall–Kier alpha value is -1.88. The lowest BCUT2D eigenvalue weighted by atomic mass is 10.1. The first kappa shape index (κ1) is 15.5. The smallest absolute Gasteiger partial charge is 0.160 e. The molecule has 2 aromatic rings. The molecule has 0 saturated carbocycles. The lowest BCUT2D eigenvalue weighted by Gasteiger charge is -2.17. The van der Waals surface area contributed by atoms with Gasteiger partial charge in [-0.1, -0.05) is 6.07 Å². The maximum atomic E-state index is 9.64. The van der Waals surface area contributed by atoms with Gasteiger partial charge >= 0.3 is 0 Å². The molecule has 0 aliphatic heterocycles. The standard InChI is InChI=1S/C16H18BrNO3/c1-10(11-4-7-14(19)16(8-11)21-3)18-12-5-6-13(17)15(9-12)20-2/h4-10,18-19H,1-3H3. The molecular weight excluding hydrogens is 334 g/mol. The van der Waals surface area contributed by atoms with Crippen LogP contribution in [0.4, 0.5) is 5.69 Å². The highest BCUT2D eigenvalue weighted by Crippen LogP contribution is 2.32. The third kappa shape index (κ3) is 3.61. The third-order valence-electron chi connectivity index (χ3n) is 3.24. The van der Waals surface area contributed by atoms with E-state index in [1.807, 2.05) is 37.3 Å². The van der Waals surface area contributed by atoms with Crippen LogP contribution in [0.15, 0.2) is 40.9 Å². The zero-order chi connectivity index (χ0) is 15.4. The molecule has 0 heterocycles. The first-order valence-corrected chi connectivity index (χ1v) is 7.31. The Bertz CT molecular complexity index is 631. The Morgan fingerprint density at radius 2 is 1.76 bits per heavy atom. The van der Waals surface area contributed by atoms with Crippen molar-refractivity contribution in [2.45, 2.75) is 13.0 Å². The van der Waals surface area contributed by atoms with Gasteiger partial charge in [-0.05, 0) is 52.7 Å². The molecule has 2 N–H and O–H groups in total. The molecule has 1 unspecified atom stereocenters. The minimum atomic E-state index is 0.0605. The maximum absolute atomic E-state index is 9.64. The molecular formula is C16H18BrNO3. The van der Waals surface area contributed by atoms with E-state index in [-0.39, 0.29) is 11.8 Å². The molecule has 5 heteroatoms. The van der Waals surface area contributed by atoms with Gasteiger partial charge in [-0.25, -0.2) is 0 Å². The fraction of sp³-hybridized carbons (Fsp3) is 0.250. The number of halogens is 1. The van der Waals surface area contributed by atoms with Crippen LogP contribution < -0.4 is 14.8 Å². The van der Waals surface area contributed by atoms with E-state index in [0.29, 0.717) is 5.75 Å². The van der Waals surface area contributed by atoms with Crippen LogP contribution in [0.5, 0.6) is 17.2 Å². The van der Waals surface area contributed by atoms with Gasteiger partial charge in [0.05, 0.1) is 18.7 Å². The molecule has 0 fully saturated rings. The number of phenolic OH excluding ortho intramolecular Hbond substituents is 1. The molecule has 2 aromatic carbocycles. The van der Waals surface area contributed by atoms with Crippen LogP contribution in [0.2, 0.25) is 0 Å². The van der Waals surface area contributed by atoms with Crippen LogP contribution in [0.25, 0.3) is 0 Å². The third-order valence-corrected chi connectivity index (χ3v) is 3.89. The van der Waals surface area contributed by atoms with Crippen molar-refractivity contribution >= 4 is 21.6 Å². The topological polar surface area (TPSA) is 50.7 Å². The normalized spacial score (nSPS) is 11.8. The van der Waals surface area contributed by atoms with Gasteiger partial charge in [0.1, 0.15) is 5.75 Å². The SMILES string of the molecule is COc1cc(C(C)Nc2ccc(Br)c(OC)c2)ccc1O. The second-order valence-corrected chi connectivity index (χ2v) is 5.50. The summed E-state index contributed by atoms with van der Waals surface area (Å²) in [7, 11) is 3.18. The maximum Gasteiger partial charge on any atom is 0.160 e. The second kappa shape index (κ2) is 6.72. The fourth-order valence-corrected chi connectivity index (χ4v) is 2.45. The first-order valence-electron chi connectivity index (χ1n) is 6.52. The van der Waals surface area contributed by atoms with Gasteiger partial charge in [-0.3, -0.25) is 0 Å².